The molecule has 2 amide bonds. The quantitative estimate of drug-likeness (QED) is 0.456. The van der Waals surface area contributed by atoms with Crippen molar-refractivity contribution in [3.05, 3.63) is 94.2 Å². The average molecular weight is 447 g/mol. The van der Waals surface area contributed by atoms with Crippen LogP contribution in [0, 0.1) is 0 Å². The minimum absolute atomic E-state index is 0.148. The largest absolute Gasteiger partial charge is 0.322 e. The molecule has 2 aliphatic rings. The Morgan fingerprint density at radius 2 is 1.56 bits per heavy atom. The first kappa shape index (κ1) is 21.2. The number of hydrogen-bond acceptors (Lipinski definition) is 2. The first-order chi connectivity index (χ1) is 15.6. The molecule has 0 bridgehead atoms. The number of piperidine rings is 1. The third kappa shape index (κ3) is 4.45. The topological polar surface area (TPSA) is 23.6 Å². The van der Waals surface area contributed by atoms with Gasteiger partial charge >= 0.3 is 6.03 Å². The molecule has 32 heavy (non-hydrogen) atoms. The molecule has 1 unspecified atom stereocenters. The van der Waals surface area contributed by atoms with Crippen LogP contribution in [0.15, 0.2) is 78.2 Å². The van der Waals surface area contributed by atoms with Crippen molar-refractivity contribution < 1.29 is 9.28 Å². The van der Waals surface area contributed by atoms with Gasteiger partial charge in [-0.25, -0.2) is 4.79 Å². The summed E-state index contributed by atoms with van der Waals surface area (Å²) in [5.74, 6) is 0. The van der Waals surface area contributed by atoms with Gasteiger partial charge in [0.1, 0.15) is 6.54 Å². The van der Waals surface area contributed by atoms with E-state index in [1.165, 1.54) is 16.0 Å². The van der Waals surface area contributed by atoms with Crippen molar-refractivity contribution in [2.75, 3.05) is 26.7 Å². The summed E-state index contributed by atoms with van der Waals surface area (Å²) in [5, 5.41) is 2.12. The van der Waals surface area contributed by atoms with E-state index in [0.29, 0.717) is 12.6 Å². The van der Waals surface area contributed by atoms with E-state index in [9.17, 15) is 4.79 Å². The minimum Gasteiger partial charge on any atom is -0.322 e. The number of rotatable bonds is 6. The van der Waals surface area contributed by atoms with Crippen molar-refractivity contribution in [2.45, 2.75) is 38.0 Å². The number of amides is 2. The molecule has 0 saturated carbocycles. The fourth-order valence-electron chi connectivity index (χ4n) is 5.32. The van der Waals surface area contributed by atoms with E-state index >= 15 is 0 Å². The lowest BCUT2D eigenvalue weighted by Gasteiger charge is -2.42. The van der Waals surface area contributed by atoms with Gasteiger partial charge in [-0.05, 0) is 17.0 Å². The highest BCUT2D eigenvalue weighted by Gasteiger charge is 2.44. The molecule has 0 radical (unpaired) electrons. The fraction of sp³-hybridized carbons (Fsp3) is 0.370. The summed E-state index contributed by atoms with van der Waals surface area (Å²) >= 11 is 1.76. The predicted octanol–water partition coefficient (Wildman–Crippen LogP) is 5.54. The Kier molecular flexibility index (Phi) is 6.03. The standard InChI is InChI=1S/C27H32N3OS/c1-30(21-23-11-6-3-7-12-23)16-14-24(15-17-30)28-20-25(26-13-8-18-32-26)29(27(28)31)19-22-9-4-2-5-10-22/h2-13,18,24-25H,14-17,19-21H2,1H3/q+1. The lowest BCUT2D eigenvalue weighted by Crippen LogP contribution is -2.54. The van der Waals surface area contributed by atoms with Gasteiger partial charge in [-0.2, -0.15) is 0 Å². The molecule has 1 atom stereocenters. The van der Waals surface area contributed by atoms with Crippen LogP contribution in [0.25, 0.3) is 0 Å². The number of nitrogens with zero attached hydrogens (tertiary/aromatic N) is 3. The van der Waals surface area contributed by atoms with Crippen LogP contribution >= 0.6 is 11.3 Å². The molecule has 0 spiro atoms. The number of carbonyl (C=O) groups excluding carboxylic acids is 1. The highest BCUT2D eigenvalue weighted by atomic mass is 32.1. The molecular weight excluding hydrogens is 414 g/mol. The second kappa shape index (κ2) is 9.08. The zero-order valence-corrected chi connectivity index (χ0v) is 19.6. The van der Waals surface area contributed by atoms with E-state index in [1.54, 1.807) is 11.3 Å². The van der Waals surface area contributed by atoms with Gasteiger partial charge in [-0.1, -0.05) is 66.7 Å². The van der Waals surface area contributed by atoms with E-state index in [4.69, 9.17) is 0 Å². The van der Waals surface area contributed by atoms with Crippen molar-refractivity contribution in [3.63, 3.8) is 0 Å². The van der Waals surface area contributed by atoms with Crippen molar-refractivity contribution >= 4 is 17.4 Å². The summed E-state index contributed by atoms with van der Waals surface area (Å²) in [7, 11) is 2.37. The second-order valence-electron chi connectivity index (χ2n) is 9.52. The lowest BCUT2D eigenvalue weighted by molar-refractivity contribution is -0.927. The summed E-state index contributed by atoms with van der Waals surface area (Å²) in [4.78, 5) is 19.2. The summed E-state index contributed by atoms with van der Waals surface area (Å²) < 4.78 is 1.06. The Bertz CT molecular complexity index is 1010. The van der Waals surface area contributed by atoms with E-state index in [2.05, 4.69) is 89.0 Å². The zero-order valence-electron chi connectivity index (χ0n) is 18.8. The van der Waals surface area contributed by atoms with Crippen molar-refractivity contribution in [2.24, 2.45) is 0 Å². The van der Waals surface area contributed by atoms with Gasteiger partial charge in [-0.15, -0.1) is 11.3 Å². The number of benzene rings is 2. The Labute approximate surface area is 195 Å². The highest BCUT2D eigenvalue weighted by molar-refractivity contribution is 7.10. The molecule has 166 valence electrons. The number of likely N-dealkylation sites (tertiary alicyclic amines) is 1. The normalized spacial score (nSPS) is 26.0. The van der Waals surface area contributed by atoms with Crippen LogP contribution in [0.1, 0.15) is 34.9 Å². The van der Waals surface area contributed by atoms with Gasteiger partial charge in [0.05, 0.1) is 26.2 Å². The van der Waals surface area contributed by atoms with E-state index in [0.717, 1.165) is 43.5 Å². The maximum absolute atomic E-state index is 13.6. The molecule has 0 N–H and O–H groups in total. The molecule has 2 fully saturated rings. The van der Waals surface area contributed by atoms with Gasteiger partial charge in [0.15, 0.2) is 0 Å². The maximum Gasteiger partial charge on any atom is 0.321 e. The Morgan fingerprint density at radius 1 is 0.906 bits per heavy atom. The monoisotopic (exact) mass is 446 g/mol. The number of urea groups is 1. The first-order valence-electron chi connectivity index (χ1n) is 11.6. The lowest BCUT2D eigenvalue weighted by atomic mass is 10.00. The highest BCUT2D eigenvalue weighted by Crippen LogP contribution is 2.37. The number of hydrogen-bond donors (Lipinski definition) is 0. The summed E-state index contributed by atoms with van der Waals surface area (Å²) in [6.45, 7) is 4.78. The van der Waals surface area contributed by atoms with Crippen LogP contribution in [0.4, 0.5) is 4.79 Å². The van der Waals surface area contributed by atoms with Crippen LogP contribution in [-0.2, 0) is 13.1 Å². The van der Waals surface area contributed by atoms with Gasteiger partial charge in [0, 0.05) is 42.4 Å². The summed E-state index contributed by atoms with van der Waals surface area (Å²) in [6.07, 6.45) is 2.15. The molecule has 0 aliphatic carbocycles. The average Bonchev–Trinajstić information content (AvgIpc) is 3.45. The van der Waals surface area contributed by atoms with E-state index in [1.807, 2.05) is 6.07 Å². The Hall–Kier alpha value is -2.63. The Morgan fingerprint density at radius 3 is 2.19 bits per heavy atom. The van der Waals surface area contributed by atoms with Crippen molar-refractivity contribution in [1.29, 1.82) is 0 Å². The SMILES string of the molecule is C[N+]1(Cc2ccccc2)CCC(N2CC(c3cccs3)N(Cc3ccccc3)C2=O)CC1. The van der Waals surface area contributed by atoms with E-state index in [-0.39, 0.29) is 12.1 Å². The molecular formula is C27H32N3OS+. The number of quaternary nitrogens is 1. The minimum atomic E-state index is 0.148. The summed E-state index contributed by atoms with van der Waals surface area (Å²) in [5.41, 5.74) is 2.59. The van der Waals surface area contributed by atoms with Gasteiger partial charge in [0.25, 0.3) is 0 Å². The first-order valence-corrected chi connectivity index (χ1v) is 12.5. The third-order valence-electron chi connectivity index (χ3n) is 7.16. The third-order valence-corrected chi connectivity index (χ3v) is 8.13. The number of carbonyl (C=O) groups is 1. The molecule has 1 aromatic heterocycles. The second-order valence-corrected chi connectivity index (χ2v) is 10.5. The maximum atomic E-state index is 13.6. The molecule has 3 heterocycles. The molecule has 2 aromatic carbocycles. The Balaban J connectivity index is 1.29. The zero-order chi connectivity index (χ0) is 22.0. The summed E-state index contributed by atoms with van der Waals surface area (Å²) in [6, 6.07) is 26.2. The molecule has 5 rings (SSSR count). The smallest absolute Gasteiger partial charge is 0.321 e. The molecule has 2 aliphatic heterocycles. The van der Waals surface area contributed by atoms with Crippen molar-refractivity contribution in [3.8, 4) is 0 Å². The molecule has 4 nitrogen and oxygen atoms in total. The van der Waals surface area contributed by atoms with Crippen LogP contribution in [0.2, 0.25) is 0 Å². The fourth-order valence-corrected chi connectivity index (χ4v) is 6.15. The molecule has 3 aromatic rings. The molecule has 2 saturated heterocycles. The number of thiophene rings is 1. The van der Waals surface area contributed by atoms with Gasteiger partial charge in [-0.3, -0.25) is 0 Å². The van der Waals surface area contributed by atoms with Crippen LogP contribution < -0.4 is 0 Å². The van der Waals surface area contributed by atoms with Gasteiger partial charge in [0.2, 0.25) is 0 Å². The van der Waals surface area contributed by atoms with Crippen LogP contribution in [-0.4, -0.2) is 53.0 Å². The predicted molar refractivity (Wildman–Crippen MR) is 130 cm³/mol. The van der Waals surface area contributed by atoms with Crippen molar-refractivity contribution in [1.82, 2.24) is 9.80 Å². The van der Waals surface area contributed by atoms with E-state index < -0.39 is 0 Å². The van der Waals surface area contributed by atoms with Gasteiger partial charge < -0.3 is 14.3 Å². The molecule has 5 heteroatoms. The van der Waals surface area contributed by atoms with Crippen LogP contribution in [0.3, 0.4) is 0 Å². The van der Waals surface area contributed by atoms with Crippen LogP contribution in [0.5, 0.6) is 0 Å².